The van der Waals surface area contributed by atoms with Gasteiger partial charge in [0, 0.05) is 23.3 Å². The van der Waals surface area contributed by atoms with Crippen LogP contribution in [0.3, 0.4) is 0 Å². The van der Waals surface area contributed by atoms with E-state index in [-0.39, 0.29) is 18.4 Å². The molecule has 0 atom stereocenters. The molecule has 0 unspecified atom stereocenters. The van der Waals surface area contributed by atoms with Gasteiger partial charge in [0.2, 0.25) is 0 Å². The first-order chi connectivity index (χ1) is 9.52. The number of carbonyl (C=O) groups excluding carboxylic acids is 3. The average Bonchev–Trinajstić information content (AvgIpc) is 2.68. The summed E-state index contributed by atoms with van der Waals surface area (Å²) >= 11 is 0. The Balaban J connectivity index is 1.83. The summed E-state index contributed by atoms with van der Waals surface area (Å²) in [6.45, 7) is 5.55. The molecule has 0 aromatic carbocycles. The second-order valence-corrected chi connectivity index (χ2v) is 5.20. The quantitative estimate of drug-likeness (QED) is 0.332. The SMILES string of the molecule is C=C(C)C(=O)OCCCN1C(=O)C2=C(CCCC2)C1=O. The van der Waals surface area contributed by atoms with Crippen LogP contribution in [-0.2, 0) is 19.1 Å². The molecule has 0 fully saturated rings. The van der Waals surface area contributed by atoms with Crippen LogP contribution < -0.4 is 0 Å². The van der Waals surface area contributed by atoms with Crippen molar-refractivity contribution in [2.45, 2.75) is 39.0 Å². The maximum Gasteiger partial charge on any atom is 0.333 e. The Morgan fingerprint density at radius 1 is 1.20 bits per heavy atom. The van der Waals surface area contributed by atoms with Gasteiger partial charge >= 0.3 is 5.97 Å². The second kappa shape index (κ2) is 6.03. The Morgan fingerprint density at radius 3 is 2.25 bits per heavy atom. The molecular weight excluding hydrogens is 258 g/mol. The fourth-order valence-corrected chi connectivity index (χ4v) is 2.51. The van der Waals surface area contributed by atoms with E-state index in [1.807, 2.05) is 0 Å². The highest BCUT2D eigenvalue weighted by atomic mass is 16.5. The van der Waals surface area contributed by atoms with E-state index in [0.29, 0.717) is 42.5 Å². The largest absolute Gasteiger partial charge is 0.462 e. The van der Waals surface area contributed by atoms with Crippen LogP contribution in [0, 0.1) is 0 Å². The first kappa shape index (κ1) is 14.5. The molecule has 0 bridgehead atoms. The summed E-state index contributed by atoms with van der Waals surface area (Å²) in [5.74, 6) is -0.756. The predicted molar refractivity (Wildman–Crippen MR) is 72.6 cm³/mol. The molecular formula is C15H19NO4. The van der Waals surface area contributed by atoms with Gasteiger partial charge in [-0.1, -0.05) is 6.58 Å². The molecule has 0 saturated heterocycles. The minimum absolute atomic E-state index is 0.157. The number of rotatable bonds is 5. The molecule has 0 spiro atoms. The number of imide groups is 1. The third-order valence-corrected chi connectivity index (χ3v) is 3.58. The van der Waals surface area contributed by atoms with Gasteiger partial charge in [0.15, 0.2) is 0 Å². The van der Waals surface area contributed by atoms with Crippen LogP contribution in [0.2, 0.25) is 0 Å². The molecule has 0 radical (unpaired) electrons. The van der Waals surface area contributed by atoms with E-state index < -0.39 is 5.97 Å². The van der Waals surface area contributed by atoms with Crippen molar-refractivity contribution < 1.29 is 19.1 Å². The number of amides is 2. The van der Waals surface area contributed by atoms with Crippen molar-refractivity contribution in [1.82, 2.24) is 4.90 Å². The molecule has 1 aliphatic carbocycles. The lowest BCUT2D eigenvalue weighted by atomic mass is 9.93. The van der Waals surface area contributed by atoms with Crippen molar-refractivity contribution in [2.75, 3.05) is 13.2 Å². The summed E-state index contributed by atoms with van der Waals surface area (Å²) < 4.78 is 4.95. The molecule has 1 heterocycles. The molecule has 108 valence electrons. The summed E-state index contributed by atoms with van der Waals surface area (Å²) in [4.78, 5) is 36.7. The summed E-state index contributed by atoms with van der Waals surface area (Å²) in [7, 11) is 0. The van der Waals surface area contributed by atoms with E-state index in [1.165, 1.54) is 4.90 Å². The average molecular weight is 277 g/mol. The topological polar surface area (TPSA) is 63.7 Å². The monoisotopic (exact) mass is 277 g/mol. The van der Waals surface area contributed by atoms with E-state index in [4.69, 9.17) is 4.74 Å². The Kier molecular flexibility index (Phi) is 4.37. The van der Waals surface area contributed by atoms with Crippen LogP contribution in [0.1, 0.15) is 39.0 Å². The molecule has 2 amide bonds. The van der Waals surface area contributed by atoms with Gasteiger partial charge in [0.1, 0.15) is 0 Å². The Bertz CT molecular complexity index is 476. The van der Waals surface area contributed by atoms with E-state index in [1.54, 1.807) is 6.92 Å². The van der Waals surface area contributed by atoms with Gasteiger partial charge in [0.25, 0.3) is 11.8 Å². The Morgan fingerprint density at radius 2 is 1.75 bits per heavy atom. The van der Waals surface area contributed by atoms with Gasteiger partial charge in [-0.15, -0.1) is 0 Å². The summed E-state index contributed by atoms with van der Waals surface area (Å²) in [5, 5.41) is 0. The lowest BCUT2D eigenvalue weighted by Crippen LogP contribution is -2.33. The van der Waals surface area contributed by atoms with E-state index in [0.717, 1.165) is 12.8 Å². The van der Waals surface area contributed by atoms with Crippen molar-refractivity contribution in [3.8, 4) is 0 Å². The normalized spacial score (nSPS) is 18.4. The molecule has 0 aromatic heterocycles. The number of esters is 1. The van der Waals surface area contributed by atoms with Crippen LogP contribution in [0.4, 0.5) is 0 Å². The van der Waals surface area contributed by atoms with E-state index in [2.05, 4.69) is 6.58 Å². The number of nitrogens with zero attached hydrogens (tertiary/aromatic N) is 1. The highest BCUT2D eigenvalue weighted by Gasteiger charge is 2.38. The zero-order chi connectivity index (χ0) is 14.7. The minimum Gasteiger partial charge on any atom is -0.462 e. The van der Waals surface area contributed by atoms with Crippen molar-refractivity contribution in [1.29, 1.82) is 0 Å². The van der Waals surface area contributed by atoms with Crippen LogP contribution >= 0.6 is 0 Å². The van der Waals surface area contributed by atoms with Crippen molar-refractivity contribution in [3.05, 3.63) is 23.3 Å². The molecule has 0 N–H and O–H groups in total. The van der Waals surface area contributed by atoms with Gasteiger partial charge in [0.05, 0.1) is 6.61 Å². The van der Waals surface area contributed by atoms with Crippen LogP contribution in [0.25, 0.3) is 0 Å². The fraction of sp³-hybridized carbons (Fsp3) is 0.533. The van der Waals surface area contributed by atoms with Crippen molar-refractivity contribution in [2.24, 2.45) is 0 Å². The molecule has 0 aromatic rings. The summed E-state index contributed by atoms with van der Waals surface area (Å²) in [6, 6.07) is 0. The highest BCUT2D eigenvalue weighted by Crippen LogP contribution is 2.32. The highest BCUT2D eigenvalue weighted by molar-refractivity contribution is 6.19. The maximum absolute atomic E-state index is 12.1. The third kappa shape index (κ3) is 2.81. The van der Waals surface area contributed by atoms with Gasteiger partial charge in [-0.3, -0.25) is 14.5 Å². The predicted octanol–water partition coefficient (Wildman–Crippen LogP) is 1.74. The maximum atomic E-state index is 12.1. The number of carbonyl (C=O) groups is 3. The lowest BCUT2D eigenvalue weighted by molar-refractivity contribution is -0.139. The summed E-state index contributed by atoms with van der Waals surface area (Å²) in [6.07, 6.45) is 3.82. The standard InChI is InChI=1S/C15H19NO4/c1-10(2)15(19)20-9-5-8-16-13(17)11-6-3-4-7-12(11)14(16)18/h1,3-9H2,2H3. The van der Waals surface area contributed by atoms with E-state index >= 15 is 0 Å². The molecule has 1 aliphatic heterocycles. The lowest BCUT2D eigenvalue weighted by Gasteiger charge is -2.14. The molecule has 5 heteroatoms. The van der Waals surface area contributed by atoms with Crippen LogP contribution in [0.15, 0.2) is 23.3 Å². The third-order valence-electron chi connectivity index (χ3n) is 3.58. The van der Waals surface area contributed by atoms with Crippen LogP contribution in [-0.4, -0.2) is 35.8 Å². The molecule has 0 saturated carbocycles. The first-order valence-electron chi connectivity index (χ1n) is 6.93. The van der Waals surface area contributed by atoms with Crippen LogP contribution in [0.5, 0.6) is 0 Å². The minimum atomic E-state index is -0.443. The zero-order valence-electron chi connectivity index (χ0n) is 11.7. The zero-order valence-corrected chi connectivity index (χ0v) is 11.7. The van der Waals surface area contributed by atoms with E-state index in [9.17, 15) is 14.4 Å². The Labute approximate surface area is 118 Å². The molecule has 2 aliphatic rings. The van der Waals surface area contributed by atoms with Gasteiger partial charge in [-0.2, -0.15) is 0 Å². The fourth-order valence-electron chi connectivity index (χ4n) is 2.51. The number of hydrogen-bond acceptors (Lipinski definition) is 4. The number of ether oxygens (including phenoxy) is 1. The smallest absolute Gasteiger partial charge is 0.333 e. The van der Waals surface area contributed by atoms with Gasteiger partial charge in [-0.25, -0.2) is 4.79 Å². The van der Waals surface area contributed by atoms with Crippen molar-refractivity contribution >= 4 is 17.8 Å². The Hall–Kier alpha value is -1.91. The molecule has 2 rings (SSSR count). The molecule has 20 heavy (non-hydrogen) atoms. The first-order valence-corrected chi connectivity index (χ1v) is 6.93. The van der Waals surface area contributed by atoms with Crippen molar-refractivity contribution in [3.63, 3.8) is 0 Å². The second-order valence-electron chi connectivity index (χ2n) is 5.20. The molecule has 5 nitrogen and oxygen atoms in total. The van der Waals surface area contributed by atoms with Gasteiger partial charge in [-0.05, 0) is 39.0 Å². The summed E-state index contributed by atoms with van der Waals surface area (Å²) in [5.41, 5.74) is 1.73. The number of hydrogen-bond donors (Lipinski definition) is 0. The van der Waals surface area contributed by atoms with Gasteiger partial charge < -0.3 is 4.74 Å².